The minimum Gasteiger partial charge on any atom is -0.454 e. The summed E-state index contributed by atoms with van der Waals surface area (Å²) in [5.74, 6) is 1.71. The lowest BCUT2D eigenvalue weighted by molar-refractivity contribution is 0.669. The van der Waals surface area contributed by atoms with Crippen LogP contribution in [0.25, 0.3) is 116 Å². The maximum absolute atomic E-state index is 6.41. The van der Waals surface area contributed by atoms with Gasteiger partial charge in [0.15, 0.2) is 17.2 Å². The van der Waals surface area contributed by atoms with Crippen molar-refractivity contribution >= 4 is 65.4 Å². The molecule has 0 atom stereocenters. The summed E-state index contributed by atoms with van der Waals surface area (Å²) in [6.45, 7) is 0. The molecule has 0 spiro atoms. The Bertz CT molecular complexity index is 3590. The first-order chi connectivity index (χ1) is 28.7. The highest BCUT2D eigenvalue weighted by atomic mass is 16.3. The normalized spacial score (nSPS) is 11.8. The van der Waals surface area contributed by atoms with E-state index < -0.39 is 0 Å². The lowest BCUT2D eigenvalue weighted by atomic mass is 10.00. The van der Waals surface area contributed by atoms with Gasteiger partial charge < -0.3 is 4.42 Å². The molecule has 12 aromatic rings. The van der Waals surface area contributed by atoms with E-state index in [1.165, 1.54) is 10.9 Å². The van der Waals surface area contributed by atoms with Crippen molar-refractivity contribution in [2.45, 2.75) is 0 Å². The summed E-state index contributed by atoms with van der Waals surface area (Å²) in [4.78, 5) is 20.6. The van der Waals surface area contributed by atoms with Gasteiger partial charge in [0.1, 0.15) is 11.1 Å². The maximum atomic E-state index is 6.41. The summed E-state index contributed by atoms with van der Waals surface area (Å²) >= 11 is 0. The SMILES string of the molecule is c1ccc(-c2ccc3ccc(-c4nc(-c5cccc(-c6ccnc7c6oc6ccccc67)c5)nc(-n5c6ccccc6c6cc7ccccc7cc65)n4)cc3c2)cc1. The summed E-state index contributed by atoms with van der Waals surface area (Å²) in [5.41, 5.74) is 10.5. The van der Waals surface area contributed by atoms with E-state index in [1.54, 1.807) is 0 Å². The van der Waals surface area contributed by atoms with Crippen molar-refractivity contribution in [3.63, 3.8) is 0 Å². The zero-order valence-electron chi connectivity index (χ0n) is 31.0. The van der Waals surface area contributed by atoms with E-state index in [4.69, 9.17) is 24.4 Å². The molecule has 4 heterocycles. The number of fused-ring (bicyclic) bond motifs is 8. The molecule has 0 saturated carbocycles. The fourth-order valence-electron chi connectivity index (χ4n) is 8.45. The van der Waals surface area contributed by atoms with Gasteiger partial charge in [-0.2, -0.15) is 9.97 Å². The predicted octanol–water partition coefficient (Wildman–Crippen LogP) is 13.2. The molecule has 58 heavy (non-hydrogen) atoms. The van der Waals surface area contributed by atoms with E-state index in [0.29, 0.717) is 17.6 Å². The van der Waals surface area contributed by atoms with E-state index in [1.807, 2.05) is 36.5 Å². The first-order valence-electron chi connectivity index (χ1n) is 19.4. The van der Waals surface area contributed by atoms with E-state index >= 15 is 0 Å². The van der Waals surface area contributed by atoms with Gasteiger partial charge in [0.2, 0.25) is 5.95 Å². The fourth-order valence-corrected chi connectivity index (χ4v) is 8.45. The van der Waals surface area contributed by atoms with Gasteiger partial charge in [-0.15, -0.1) is 0 Å². The van der Waals surface area contributed by atoms with E-state index in [9.17, 15) is 0 Å². The Hall–Kier alpha value is -7.96. The first kappa shape index (κ1) is 32.3. The van der Waals surface area contributed by atoms with Crippen molar-refractivity contribution in [1.82, 2.24) is 24.5 Å². The number of benzene rings is 8. The third-order valence-corrected chi connectivity index (χ3v) is 11.3. The van der Waals surface area contributed by atoms with Gasteiger partial charge in [0.25, 0.3) is 0 Å². The van der Waals surface area contributed by atoms with Crippen LogP contribution < -0.4 is 0 Å². The maximum Gasteiger partial charge on any atom is 0.238 e. The van der Waals surface area contributed by atoms with Crippen molar-refractivity contribution in [1.29, 1.82) is 0 Å². The zero-order valence-corrected chi connectivity index (χ0v) is 31.0. The Labute approximate surface area is 332 Å². The Morgan fingerprint density at radius 2 is 1.07 bits per heavy atom. The van der Waals surface area contributed by atoms with Gasteiger partial charge >= 0.3 is 0 Å². The molecular weight excluding hydrogens is 711 g/mol. The quantitative estimate of drug-likeness (QED) is 0.176. The zero-order chi connectivity index (χ0) is 38.2. The summed E-state index contributed by atoms with van der Waals surface area (Å²) in [7, 11) is 0. The number of hydrogen-bond donors (Lipinski definition) is 0. The molecule has 12 rings (SSSR count). The number of hydrogen-bond acceptors (Lipinski definition) is 5. The highest BCUT2D eigenvalue weighted by molar-refractivity contribution is 6.13. The van der Waals surface area contributed by atoms with Crippen LogP contribution in [-0.4, -0.2) is 24.5 Å². The molecule has 0 fully saturated rings. The minimum atomic E-state index is 0.550. The molecule has 6 nitrogen and oxygen atoms in total. The molecule has 0 aliphatic carbocycles. The van der Waals surface area contributed by atoms with Crippen LogP contribution in [0.3, 0.4) is 0 Å². The first-order valence-corrected chi connectivity index (χ1v) is 19.4. The summed E-state index contributed by atoms with van der Waals surface area (Å²) in [6.07, 6.45) is 1.85. The van der Waals surface area contributed by atoms with Gasteiger partial charge in [0.05, 0.1) is 11.0 Å². The van der Waals surface area contributed by atoms with Crippen LogP contribution >= 0.6 is 0 Å². The standard InChI is InChI=1S/C52H31N5O/c1-2-11-32(12-3-1)36-23-21-33-22-24-39(29-40(33)27-36)51-54-50(38-16-10-15-37(28-38)41-25-26-53-48-43-18-7-9-20-47(43)58-49(41)48)55-52(56-51)57-45-19-8-6-17-42(45)44-30-34-13-4-5-14-35(34)31-46(44)57/h1-31H. The summed E-state index contributed by atoms with van der Waals surface area (Å²) in [6, 6.07) is 63.4. The van der Waals surface area contributed by atoms with Gasteiger partial charge in [-0.05, 0) is 92.8 Å². The average Bonchev–Trinajstić information content (AvgIpc) is 3.83. The number of para-hydroxylation sites is 2. The predicted molar refractivity (Wildman–Crippen MR) is 236 cm³/mol. The Morgan fingerprint density at radius 3 is 1.93 bits per heavy atom. The second-order valence-corrected chi connectivity index (χ2v) is 14.7. The third kappa shape index (κ3) is 5.20. The lowest BCUT2D eigenvalue weighted by Crippen LogP contribution is -2.06. The van der Waals surface area contributed by atoms with Crippen LogP contribution in [0.2, 0.25) is 0 Å². The Balaban J connectivity index is 1.09. The molecule has 0 unspecified atom stereocenters. The van der Waals surface area contributed by atoms with Crippen molar-refractivity contribution in [3.8, 4) is 51.0 Å². The Morgan fingerprint density at radius 1 is 0.397 bits per heavy atom. The van der Waals surface area contributed by atoms with E-state index in [2.05, 4.69) is 156 Å². The van der Waals surface area contributed by atoms with Crippen LogP contribution in [0.5, 0.6) is 0 Å². The number of furan rings is 1. The monoisotopic (exact) mass is 741 g/mol. The molecule has 0 saturated heterocycles. The van der Waals surface area contributed by atoms with E-state index in [-0.39, 0.29) is 0 Å². The fraction of sp³-hybridized carbons (Fsp3) is 0. The molecule has 0 N–H and O–H groups in total. The molecule has 0 aliphatic heterocycles. The molecule has 4 aromatic heterocycles. The minimum absolute atomic E-state index is 0.550. The summed E-state index contributed by atoms with van der Waals surface area (Å²) in [5, 5.41) is 7.88. The van der Waals surface area contributed by atoms with Crippen LogP contribution in [0.4, 0.5) is 0 Å². The average molecular weight is 742 g/mol. The van der Waals surface area contributed by atoms with Crippen LogP contribution in [0, 0.1) is 0 Å². The number of aromatic nitrogens is 5. The van der Waals surface area contributed by atoms with Crippen LogP contribution in [0.15, 0.2) is 193 Å². The summed E-state index contributed by atoms with van der Waals surface area (Å²) < 4.78 is 8.59. The molecule has 6 heteroatoms. The highest BCUT2D eigenvalue weighted by Gasteiger charge is 2.20. The number of nitrogens with zero attached hydrogens (tertiary/aromatic N) is 5. The van der Waals surface area contributed by atoms with Crippen LogP contribution in [0.1, 0.15) is 0 Å². The molecule has 0 aliphatic rings. The van der Waals surface area contributed by atoms with Crippen molar-refractivity contribution in [2.24, 2.45) is 0 Å². The van der Waals surface area contributed by atoms with Gasteiger partial charge in [-0.25, -0.2) is 4.98 Å². The Kier molecular flexibility index (Phi) is 7.13. The topological polar surface area (TPSA) is 69.6 Å². The van der Waals surface area contributed by atoms with Crippen molar-refractivity contribution < 1.29 is 4.42 Å². The van der Waals surface area contributed by atoms with Crippen molar-refractivity contribution in [3.05, 3.63) is 188 Å². The number of rotatable bonds is 5. The third-order valence-electron chi connectivity index (χ3n) is 11.3. The highest BCUT2D eigenvalue weighted by Crippen LogP contribution is 2.38. The largest absolute Gasteiger partial charge is 0.454 e. The second-order valence-electron chi connectivity index (χ2n) is 14.7. The van der Waals surface area contributed by atoms with Gasteiger partial charge in [0, 0.05) is 39.0 Å². The molecule has 0 amide bonds. The molecular formula is C52H31N5O. The molecule has 270 valence electrons. The molecule has 8 aromatic carbocycles. The number of pyridine rings is 1. The smallest absolute Gasteiger partial charge is 0.238 e. The second kappa shape index (κ2) is 12.8. The van der Waals surface area contributed by atoms with Gasteiger partial charge in [-0.1, -0.05) is 127 Å². The molecule has 0 bridgehead atoms. The van der Waals surface area contributed by atoms with Gasteiger partial charge in [-0.3, -0.25) is 9.55 Å². The van der Waals surface area contributed by atoms with Crippen LogP contribution in [-0.2, 0) is 0 Å². The lowest BCUT2D eigenvalue weighted by Gasteiger charge is -2.12. The molecule has 0 radical (unpaired) electrons. The van der Waals surface area contributed by atoms with E-state index in [0.717, 1.165) is 87.9 Å². The van der Waals surface area contributed by atoms with Crippen molar-refractivity contribution in [2.75, 3.05) is 0 Å².